The fourth-order valence-electron chi connectivity index (χ4n) is 4.10. The Kier molecular flexibility index (Phi) is 4.95. The van der Waals surface area contributed by atoms with E-state index in [0.717, 1.165) is 32.1 Å². The molecule has 2 aliphatic heterocycles. The highest BCUT2D eigenvalue weighted by Gasteiger charge is 2.20. The first kappa shape index (κ1) is 15.9. The molecule has 2 aromatic rings. The van der Waals surface area contributed by atoms with Gasteiger partial charge >= 0.3 is 0 Å². The van der Waals surface area contributed by atoms with Crippen LogP contribution in [0.1, 0.15) is 48.6 Å². The number of rotatable bonds is 3. The normalized spacial score (nSPS) is 22.6. The number of nitrogens with one attached hydrogen (secondary N) is 1. The van der Waals surface area contributed by atoms with Crippen LogP contribution in [0, 0.1) is 0 Å². The third-order valence-corrected chi connectivity index (χ3v) is 5.42. The van der Waals surface area contributed by atoms with E-state index in [1.807, 2.05) is 0 Å². The van der Waals surface area contributed by atoms with Crippen LogP contribution in [-0.2, 0) is 19.6 Å². The van der Waals surface area contributed by atoms with Gasteiger partial charge in [0, 0.05) is 19.6 Å². The van der Waals surface area contributed by atoms with E-state index in [2.05, 4.69) is 51.3 Å². The second-order valence-electron chi connectivity index (χ2n) is 7.20. The molecule has 4 nitrogen and oxygen atoms in total. The Balaban J connectivity index is 1.38. The van der Waals surface area contributed by atoms with Crippen molar-refractivity contribution in [2.75, 3.05) is 19.6 Å². The van der Waals surface area contributed by atoms with Crippen molar-refractivity contribution in [3.8, 4) is 0 Å². The van der Waals surface area contributed by atoms with Crippen LogP contribution in [0.15, 0.2) is 36.4 Å². The van der Waals surface area contributed by atoms with Crippen molar-refractivity contribution >= 4 is 0 Å². The molecule has 1 aromatic carbocycles. The molecular formula is C20H28N4. The summed E-state index contributed by atoms with van der Waals surface area (Å²) in [5, 5.41) is 8.33. The van der Waals surface area contributed by atoms with Gasteiger partial charge in [0.1, 0.15) is 0 Å². The molecule has 0 radical (unpaired) electrons. The molecule has 128 valence electrons. The summed E-state index contributed by atoms with van der Waals surface area (Å²) < 4.78 is 2.21. The average Bonchev–Trinajstić information content (AvgIpc) is 2.79. The van der Waals surface area contributed by atoms with Crippen LogP contribution < -0.4 is 5.32 Å². The zero-order valence-corrected chi connectivity index (χ0v) is 14.5. The maximum atomic E-state index is 4.85. The molecule has 1 N–H and O–H groups in total. The van der Waals surface area contributed by atoms with Crippen molar-refractivity contribution in [1.82, 2.24) is 20.0 Å². The van der Waals surface area contributed by atoms with Crippen molar-refractivity contribution in [3.05, 3.63) is 53.3 Å². The van der Waals surface area contributed by atoms with E-state index < -0.39 is 0 Å². The van der Waals surface area contributed by atoms with Crippen molar-refractivity contribution < 1.29 is 0 Å². The summed E-state index contributed by atoms with van der Waals surface area (Å²) in [4.78, 5) is 2.60. The van der Waals surface area contributed by atoms with E-state index in [9.17, 15) is 0 Å². The van der Waals surface area contributed by atoms with Gasteiger partial charge in [-0.1, -0.05) is 30.3 Å². The lowest BCUT2D eigenvalue weighted by molar-refractivity contribution is 0.271. The van der Waals surface area contributed by atoms with Gasteiger partial charge in [-0.05, 0) is 62.9 Å². The Morgan fingerprint density at radius 3 is 2.88 bits per heavy atom. The smallest absolute Gasteiger partial charge is 0.0768 e. The van der Waals surface area contributed by atoms with Crippen LogP contribution in [0.5, 0.6) is 0 Å². The Bertz CT molecular complexity index is 625. The summed E-state index contributed by atoms with van der Waals surface area (Å²) in [5.74, 6) is 0.721. The van der Waals surface area contributed by atoms with Gasteiger partial charge in [0.2, 0.25) is 0 Å². The molecule has 4 rings (SSSR count). The first-order chi connectivity index (χ1) is 11.9. The Labute approximate surface area is 144 Å². The molecule has 1 fully saturated rings. The van der Waals surface area contributed by atoms with E-state index in [1.54, 1.807) is 0 Å². The molecule has 0 saturated carbocycles. The molecule has 4 heteroatoms. The summed E-state index contributed by atoms with van der Waals surface area (Å²) >= 11 is 0. The molecule has 0 unspecified atom stereocenters. The molecule has 0 aliphatic carbocycles. The highest BCUT2D eigenvalue weighted by atomic mass is 15.3. The second-order valence-corrected chi connectivity index (χ2v) is 7.20. The largest absolute Gasteiger partial charge is 0.311 e. The monoisotopic (exact) mass is 324 g/mol. The maximum Gasteiger partial charge on any atom is 0.0768 e. The lowest BCUT2D eigenvalue weighted by atomic mass is 9.92. The van der Waals surface area contributed by atoms with Gasteiger partial charge in [-0.3, -0.25) is 9.58 Å². The van der Waals surface area contributed by atoms with Crippen LogP contribution in [0.25, 0.3) is 0 Å². The third-order valence-electron chi connectivity index (χ3n) is 5.42. The van der Waals surface area contributed by atoms with Crippen LogP contribution >= 0.6 is 0 Å². The van der Waals surface area contributed by atoms with Crippen molar-refractivity contribution in [2.24, 2.45) is 0 Å². The number of aromatic nitrogens is 2. The minimum atomic E-state index is 0.721. The van der Waals surface area contributed by atoms with Crippen LogP contribution in [0.3, 0.4) is 0 Å². The predicted molar refractivity (Wildman–Crippen MR) is 96.9 cm³/mol. The van der Waals surface area contributed by atoms with Gasteiger partial charge in [-0.15, -0.1) is 0 Å². The first-order valence-corrected chi connectivity index (χ1v) is 9.42. The summed E-state index contributed by atoms with van der Waals surface area (Å²) in [5.41, 5.74) is 4.10. The highest BCUT2D eigenvalue weighted by molar-refractivity contribution is 5.19. The summed E-state index contributed by atoms with van der Waals surface area (Å²) in [7, 11) is 0. The molecule has 0 spiro atoms. The quantitative estimate of drug-likeness (QED) is 0.941. The Hall–Kier alpha value is -1.65. The molecule has 1 atom stereocenters. The number of fused-ring (bicyclic) bond motifs is 1. The van der Waals surface area contributed by atoms with Gasteiger partial charge in [-0.2, -0.15) is 5.10 Å². The third kappa shape index (κ3) is 3.70. The zero-order valence-electron chi connectivity index (χ0n) is 14.5. The molecule has 2 aliphatic rings. The first-order valence-electron chi connectivity index (χ1n) is 9.42. The van der Waals surface area contributed by atoms with E-state index in [0.29, 0.717) is 0 Å². The SMILES string of the molecule is c1ccc([C@H]2CCCN(Cc3cc4n(n3)CCCNC4)CC2)cc1. The lowest BCUT2D eigenvalue weighted by Gasteiger charge is -2.19. The highest BCUT2D eigenvalue weighted by Crippen LogP contribution is 2.28. The van der Waals surface area contributed by atoms with Crippen LogP contribution in [0.4, 0.5) is 0 Å². The van der Waals surface area contributed by atoms with E-state index in [4.69, 9.17) is 5.10 Å². The minimum Gasteiger partial charge on any atom is -0.311 e. The summed E-state index contributed by atoms with van der Waals surface area (Å²) in [6, 6.07) is 13.3. The number of hydrogen-bond donors (Lipinski definition) is 1. The molecule has 1 saturated heterocycles. The van der Waals surface area contributed by atoms with E-state index >= 15 is 0 Å². The van der Waals surface area contributed by atoms with Crippen LogP contribution in [0.2, 0.25) is 0 Å². The Morgan fingerprint density at radius 2 is 1.96 bits per heavy atom. The lowest BCUT2D eigenvalue weighted by Crippen LogP contribution is -2.24. The van der Waals surface area contributed by atoms with Gasteiger partial charge in [-0.25, -0.2) is 0 Å². The standard InChI is InChI=1S/C20H28N4/c1-2-6-17(7-3-1)18-8-4-11-23(13-9-18)16-19-14-20-15-21-10-5-12-24(20)22-19/h1-3,6-7,14,18,21H,4-5,8-13,15-16H2/t18-/m0/s1. The molecule has 0 bridgehead atoms. The maximum absolute atomic E-state index is 4.85. The number of nitrogens with zero attached hydrogens (tertiary/aromatic N) is 3. The second kappa shape index (κ2) is 7.49. The number of benzene rings is 1. The molecule has 24 heavy (non-hydrogen) atoms. The average molecular weight is 324 g/mol. The fraction of sp³-hybridized carbons (Fsp3) is 0.550. The summed E-state index contributed by atoms with van der Waals surface area (Å²) in [6.45, 7) is 6.50. The number of aryl methyl sites for hydroxylation is 1. The number of likely N-dealkylation sites (tertiary alicyclic amines) is 1. The minimum absolute atomic E-state index is 0.721. The van der Waals surface area contributed by atoms with Gasteiger partial charge < -0.3 is 5.32 Å². The molecular weight excluding hydrogens is 296 g/mol. The van der Waals surface area contributed by atoms with Gasteiger partial charge in [0.05, 0.1) is 11.4 Å². The van der Waals surface area contributed by atoms with Gasteiger partial charge in [0.25, 0.3) is 0 Å². The molecule has 1 aromatic heterocycles. The number of hydrogen-bond acceptors (Lipinski definition) is 3. The topological polar surface area (TPSA) is 33.1 Å². The fourth-order valence-corrected chi connectivity index (χ4v) is 4.10. The van der Waals surface area contributed by atoms with Crippen molar-refractivity contribution in [3.63, 3.8) is 0 Å². The predicted octanol–water partition coefficient (Wildman–Crippen LogP) is 3.15. The van der Waals surface area contributed by atoms with Crippen molar-refractivity contribution in [1.29, 1.82) is 0 Å². The van der Waals surface area contributed by atoms with E-state index in [1.165, 1.54) is 55.7 Å². The Morgan fingerprint density at radius 1 is 1.04 bits per heavy atom. The van der Waals surface area contributed by atoms with Crippen LogP contribution in [-0.4, -0.2) is 34.3 Å². The summed E-state index contributed by atoms with van der Waals surface area (Å²) in [6.07, 6.45) is 5.04. The molecule has 0 amide bonds. The van der Waals surface area contributed by atoms with E-state index in [-0.39, 0.29) is 0 Å². The molecule has 3 heterocycles. The van der Waals surface area contributed by atoms with Gasteiger partial charge in [0.15, 0.2) is 0 Å². The van der Waals surface area contributed by atoms with Crippen molar-refractivity contribution in [2.45, 2.75) is 51.2 Å². The zero-order chi connectivity index (χ0) is 16.2.